The predicted molar refractivity (Wildman–Crippen MR) is 73.4 cm³/mol. The third-order valence-electron chi connectivity index (χ3n) is 2.47. The van der Waals surface area contributed by atoms with E-state index in [9.17, 15) is 10.2 Å². The van der Waals surface area contributed by atoms with Gasteiger partial charge in [-0.05, 0) is 30.7 Å². The summed E-state index contributed by atoms with van der Waals surface area (Å²) >= 11 is 5.05. The maximum Gasteiger partial charge on any atom is 0.166 e. The first-order valence-electron chi connectivity index (χ1n) is 5.32. The summed E-state index contributed by atoms with van der Waals surface area (Å²) in [7, 11) is 0. The Hall–Kier alpha value is -2.14. The number of benzene rings is 1. The molecule has 0 saturated carbocycles. The largest absolute Gasteiger partial charge is 0.504 e. The highest BCUT2D eigenvalue weighted by Gasteiger charge is 2.02. The van der Waals surface area contributed by atoms with Gasteiger partial charge in [0.05, 0.1) is 5.69 Å². The van der Waals surface area contributed by atoms with Crippen LogP contribution < -0.4 is 0 Å². The summed E-state index contributed by atoms with van der Waals surface area (Å²) in [6, 6.07) is 6.56. The minimum Gasteiger partial charge on any atom is -0.504 e. The first-order valence-corrected chi connectivity index (χ1v) is 5.73. The molecule has 0 amide bonds. The molecule has 0 unspecified atom stereocenters. The van der Waals surface area contributed by atoms with Gasteiger partial charge in [-0.2, -0.15) is 0 Å². The number of phenols is 2. The molecule has 1 aromatic carbocycles. The summed E-state index contributed by atoms with van der Waals surface area (Å²) in [5.41, 5.74) is 2.08. The maximum absolute atomic E-state index is 9.61. The van der Waals surface area contributed by atoms with Crippen molar-refractivity contribution in [3.63, 3.8) is 0 Å². The van der Waals surface area contributed by atoms with Gasteiger partial charge in [0.25, 0.3) is 0 Å². The summed E-state index contributed by atoms with van der Waals surface area (Å²) in [6.45, 7) is 1.89. The topological polar surface area (TPSA) is 68.6 Å². The number of aliphatic imine (C=N–C) groups is 1. The van der Waals surface area contributed by atoms with Crippen LogP contribution in [0.1, 0.15) is 11.1 Å². The van der Waals surface area contributed by atoms with E-state index in [-0.39, 0.29) is 11.5 Å². The van der Waals surface area contributed by atoms with Gasteiger partial charge in [-0.1, -0.05) is 18.3 Å². The summed E-state index contributed by atoms with van der Waals surface area (Å²) in [5.74, 6) is -0.343. The molecule has 0 aliphatic rings. The molecule has 3 N–H and O–H groups in total. The van der Waals surface area contributed by atoms with Crippen molar-refractivity contribution >= 4 is 24.1 Å². The molecule has 0 aliphatic heterocycles. The Balaban J connectivity index is 2.33. The number of aromatic amines is 1. The van der Waals surface area contributed by atoms with E-state index in [1.807, 2.05) is 13.0 Å². The van der Waals surface area contributed by atoms with Crippen molar-refractivity contribution < 1.29 is 10.2 Å². The fourth-order valence-electron chi connectivity index (χ4n) is 1.45. The molecule has 0 fully saturated rings. The van der Waals surface area contributed by atoms with Gasteiger partial charge in [-0.3, -0.25) is 4.99 Å². The number of rotatable bonds is 2. The molecule has 18 heavy (non-hydrogen) atoms. The van der Waals surface area contributed by atoms with E-state index in [1.165, 1.54) is 12.3 Å². The molecule has 5 heteroatoms. The lowest BCUT2D eigenvalue weighted by atomic mass is 10.2. The number of aryl methyl sites for hydroxylation is 1. The van der Waals surface area contributed by atoms with E-state index >= 15 is 0 Å². The summed E-state index contributed by atoms with van der Waals surface area (Å²) < 4.78 is 0.675. The van der Waals surface area contributed by atoms with Crippen LogP contribution in [0.2, 0.25) is 0 Å². The van der Waals surface area contributed by atoms with E-state index in [1.54, 1.807) is 18.3 Å². The maximum atomic E-state index is 9.61. The van der Waals surface area contributed by atoms with Crippen LogP contribution in [-0.4, -0.2) is 21.4 Å². The fourth-order valence-corrected chi connectivity index (χ4v) is 1.57. The van der Waals surface area contributed by atoms with Crippen molar-refractivity contribution in [2.24, 2.45) is 4.99 Å². The van der Waals surface area contributed by atoms with Crippen LogP contribution in [0.3, 0.4) is 0 Å². The summed E-state index contributed by atoms with van der Waals surface area (Å²) in [4.78, 5) is 7.13. The van der Waals surface area contributed by atoms with Crippen molar-refractivity contribution in [1.82, 2.24) is 4.98 Å². The Morgan fingerprint density at radius 1 is 1.33 bits per heavy atom. The van der Waals surface area contributed by atoms with Crippen LogP contribution in [-0.2, 0) is 0 Å². The lowest BCUT2D eigenvalue weighted by molar-refractivity contribution is 0.403. The number of nitrogens with one attached hydrogen (secondary N) is 1. The van der Waals surface area contributed by atoms with Crippen molar-refractivity contribution in [2.75, 3.05) is 0 Å². The second-order valence-corrected chi connectivity index (χ2v) is 4.25. The Kier molecular flexibility index (Phi) is 3.43. The van der Waals surface area contributed by atoms with Gasteiger partial charge in [-0.15, -0.1) is 0 Å². The van der Waals surface area contributed by atoms with Gasteiger partial charge < -0.3 is 15.2 Å². The number of hydrogen-bond acceptors (Lipinski definition) is 4. The summed E-state index contributed by atoms with van der Waals surface area (Å²) in [6.07, 6.45) is 3.17. The standard InChI is InChI=1S/C13H12N2O2S/c1-8-5-10(7-15-13(8)18)14-6-9-3-2-4-11(16)12(9)17/h2-7,16-17H,1H3,(H,15,18). The highest BCUT2D eigenvalue weighted by Crippen LogP contribution is 2.27. The zero-order valence-corrected chi connectivity index (χ0v) is 10.5. The molecule has 0 aliphatic carbocycles. The van der Waals surface area contributed by atoms with E-state index in [4.69, 9.17) is 12.2 Å². The quantitative estimate of drug-likeness (QED) is 0.441. The number of aromatic hydroxyl groups is 2. The van der Waals surface area contributed by atoms with E-state index in [0.29, 0.717) is 15.9 Å². The van der Waals surface area contributed by atoms with Gasteiger partial charge in [-0.25, -0.2) is 0 Å². The second-order valence-electron chi connectivity index (χ2n) is 3.84. The van der Waals surface area contributed by atoms with Crippen molar-refractivity contribution in [1.29, 1.82) is 0 Å². The second kappa shape index (κ2) is 5.01. The van der Waals surface area contributed by atoms with Gasteiger partial charge >= 0.3 is 0 Å². The van der Waals surface area contributed by atoms with E-state index in [2.05, 4.69) is 9.98 Å². The van der Waals surface area contributed by atoms with Crippen molar-refractivity contribution in [3.05, 3.63) is 46.2 Å². The Labute approximate surface area is 109 Å². The monoisotopic (exact) mass is 260 g/mol. The molecular formula is C13H12N2O2S. The number of aromatic nitrogens is 1. The van der Waals surface area contributed by atoms with Crippen LogP contribution in [0.25, 0.3) is 0 Å². The van der Waals surface area contributed by atoms with Crippen LogP contribution in [0.4, 0.5) is 5.69 Å². The molecule has 0 bridgehead atoms. The first kappa shape index (κ1) is 12.3. The lowest BCUT2D eigenvalue weighted by Gasteiger charge is -2.01. The van der Waals surface area contributed by atoms with Crippen molar-refractivity contribution in [2.45, 2.75) is 6.92 Å². The molecule has 0 saturated heterocycles. The Bertz CT molecular complexity index is 662. The molecule has 0 radical (unpaired) electrons. The smallest absolute Gasteiger partial charge is 0.166 e. The number of phenolic OH excluding ortho intramolecular Hbond substituents is 2. The number of hydrogen-bond donors (Lipinski definition) is 3. The lowest BCUT2D eigenvalue weighted by Crippen LogP contribution is -1.83. The highest BCUT2D eigenvalue weighted by molar-refractivity contribution is 7.71. The fraction of sp³-hybridized carbons (Fsp3) is 0.0769. The van der Waals surface area contributed by atoms with Gasteiger partial charge in [0.2, 0.25) is 0 Å². The van der Waals surface area contributed by atoms with Gasteiger partial charge in [0, 0.05) is 18.0 Å². The molecule has 2 rings (SSSR count). The predicted octanol–water partition coefficient (Wildman–Crippen LogP) is 3.21. The third-order valence-corrected chi connectivity index (χ3v) is 2.91. The van der Waals surface area contributed by atoms with Crippen molar-refractivity contribution in [3.8, 4) is 11.5 Å². The van der Waals surface area contributed by atoms with E-state index in [0.717, 1.165) is 5.56 Å². The molecule has 0 atom stereocenters. The number of para-hydroxylation sites is 1. The minimum absolute atomic E-state index is 0.164. The van der Waals surface area contributed by atoms with Gasteiger partial charge in [0.15, 0.2) is 11.5 Å². The normalized spacial score (nSPS) is 10.9. The molecule has 0 spiro atoms. The molecule has 1 heterocycles. The minimum atomic E-state index is -0.179. The molecule has 1 aromatic heterocycles. The zero-order chi connectivity index (χ0) is 13.1. The van der Waals surface area contributed by atoms with Crippen LogP contribution in [0.5, 0.6) is 11.5 Å². The first-order chi connectivity index (χ1) is 8.58. The van der Waals surface area contributed by atoms with Gasteiger partial charge in [0.1, 0.15) is 4.64 Å². The number of pyridine rings is 1. The summed E-state index contributed by atoms with van der Waals surface area (Å²) in [5, 5.41) is 19.0. The van der Waals surface area contributed by atoms with E-state index < -0.39 is 0 Å². The zero-order valence-electron chi connectivity index (χ0n) is 9.71. The highest BCUT2D eigenvalue weighted by atomic mass is 32.1. The Morgan fingerprint density at radius 3 is 2.83 bits per heavy atom. The number of nitrogens with zero attached hydrogens (tertiary/aromatic N) is 1. The molecule has 2 aromatic rings. The van der Waals surface area contributed by atoms with Crippen LogP contribution in [0.15, 0.2) is 35.5 Å². The van der Waals surface area contributed by atoms with Crippen LogP contribution >= 0.6 is 12.2 Å². The average molecular weight is 260 g/mol. The molecular weight excluding hydrogens is 248 g/mol. The van der Waals surface area contributed by atoms with Crippen LogP contribution in [0, 0.1) is 11.6 Å². The Morgan fingerprint density at radius 2 is 2.11 bits per heavy atom. The SMILES string of the molecule is Cc1cc(N=Cc2cccc(O)c2O)c[nH]c1=S. The molecule has 4 nitrogen and oxygen atoms in total. The molecule has 92 valence electrons. The third kappa shape index (κ3) is 2.57. The average Bonchev–Trinajstić information content (AvgIpc) is 2.35. The number of H-pyrrole nitrogens is 1.